The van der Waals surface area contributed by atoms with Crippen molar-refractivity contribution in [1.82, 2.24) is 0 Å². The Morgan fingerprint density at radius 1 is 0.862 bits per heavy atom. The predicted molar refractivity (Wildman–Crippen MR) is 121 cm³/mol. The van der Waals surface area contributed by atoms with Gasteiger partial charge in [-0.1, -0.05) is 57.3 Å². The molecule has 0 saturated heterocycles. The van der Waals surface area contributed by atoms with E-state index in [9.17, 15) is 9.59 Å². The summed E-state index contributed by atoms with van der Waals surface area (Å²) in [5.74, 6) is -0.308. The molecule has 2 unspecified atom stereocenters. The van der Waals surface area contributed by atoms with Crippen LogP contribution in [0.5, 0.6) is 0 Å². The highest BCUT2D eigenvalue weighted by Gasteiger charge is 2.39. The Morgan fingerprint density at radius 3 is 1.90 bits per heavy atom. The first-order valence-corrected chi connectivity index (χ1v) is 11.7. The van der Waals surface area contributed by atoms with Crippen LogP contribution in [-0.2, 0) is 19.1 Å². The van der Waals surface area contributed by atoms with Crippen molar-refractivity contribution in [2.75, 3.05) is 13.2 Å². The Hall–Kier alpha value is -0.450. The minimum atomic E-state index is -1.27. The first-order chi connectivity index (χ1) is 13.5. The van der Waals surface area contributed by atoms with Crippen LogP contribution in [0.3, 0.4) is 0 Å². The fourth-order valence-electron chi connectivity index (χ4n) is 2.81. The van der Waals surface area contributed by atoms with E-state index in [0.29, 0.717) is 36.3 Å². The fraction of sp³-hybridized carbons (Fsp3) is 0.818. The molecule has 0 heterocycles. The van der Waals surface area contributed by atoms with Crippen LogP contribution in [0.15, 0.2) is 10.1 Å². The Bertz CT molecular complexity index is 546. The molecule has 0 radical (unpaired) electrons. The third-order valence-corrected chi connectivity index (χ3v) is 5.94. The molecule has 0 aromatic rings. The number of alkyl halides is 1. The zero-order chi connectivity index (χ0) is 22.6. The summed E-state index contributed by atoms with van der Waals surface area (Å²) in [5, 5.41) is 0.629. The van der Waals surface area contributed by atoms with Crippen LogP contribution in [0.2, 0.25) is 0 Å². The van der Waals surface area contributed by atoms with E-state index in [0.717, 1.165) is 12.8 Å². The Kier molecular flexibility index (Phi) is 14.3. The van der Waals surface area contributed by atoms with Gasteiger partial charge >= 0.3 is 11.9 Å². The molecule has 170 valence electrons. The van der Waals surface area contributed by atoms with Gasteiger partial charge in [0.25, 0.3) is 0 Å². The molecule has 0 aromatic heterocycles. The highest BCUT2D eigenvalue weighted by molar-refractivity contribution is 6.41. The largest absolute Gasteiger partial charge is 0.466 e. The number of halogens is 3. The molecule has 0 aliphatic carbocycles. The van der Waals surface area contributed by atoms with Crippen molar-refractivity contribution in [2.24, 2.45) is 17.8 Å². The quantitative estimate of drug-likeness (QED) is 0.201. The monoisotopic (exact) mass is 470 g/mol. The highest BCUT2D eigenvalue weighted by Crippen LogP contribution is 2.37. The van der Waals surface area contributed by atoms with Gasteiger partial charge in [0.15, 0.2) is 0 Å². The average Bonchev–Trinajstić information content (AvgIpc) is 2.63. The van der Waals surface area contributed by atoms with E-state index < -0.39 is 10.8 Å². The van der Waals surface area contributed by atoms with Crippen molar-refractivity contribution in [3.05, 3.63) is 10.1 Å². The zero-order valence-electron chi connectivity index (χ0n) is 18.7. The number of esters is 2. The van der Waals surface area contributed by atoms with Crippen molar-refractivity contribution in [2.45, 2.75) is 84.9 Å². The number of allylic oxidation sites excluding steroid dienone is 2. The van der Waals surface area contributed by atoms with Crippen molar-refractivity contribution in [3.8, 4) is 0 Å². The number of ether oxygens (including phenoxy) is 2. The standard InChI is InChI=1S/C22H37Cl3O4/c1-7-28-20(26)17(10-9-15(3)4)13-18(23)19(24)14-22(25,12-11-16(5)6)21(27)29-8-2/h15-17H,7-14H2,1-6H3. The molecule has 0 aliphatic rings. The second-order valence-corrected chi connectivity index (χ2v) is 9.87. The molecule has 0 rings (SSSR count). The molecule has 29 heavy (non-hydrogen) atoms. The number of hydrogen-bond donors (Lipinski definition) is 0. The van der Waals surface area contributed by atoms with Crippen LogP contribution in [0.25, 0.3) is 0 Å². The normalized spacial score (nSPS) is 15.7. The molecule has 0 amide bonds. The van der Waals surface area contributed by atoms with Crippen LogP contribution in [0, 0.1) is 17.8 Å². The minimum absolute atomic E-state index is 0.0697. The van der Waals surface area contributed by atoms with Crippen molar-refractivity contribution in [3.63, 3.8) is 0 Å². The van der Waals surface area contributed by atoms with E-state index in [-0.39, 0.29) is 36.4 Å². The van der Waals surface area contributed by atoms with Gasteiger partial charge in [-0.05, 0) is 51.4 Å². The molecule has 0 N–H and O–H groups in total. The van der Waals surface area contributed by atoms with Crippen LogP contribution < -0.4 is 0 Å². The topological polar surface area (TPSA) is 52.6 Å². The van der Waals surface area contributed by atoms with Crippen LogP contribution >= 0.6 is 34.8 Å². The van der Waals surface area contributed by atoms with Gasteiger partial charge in [0.1, 0.15) is 4.87 Å². The maximum Gasteiger partial charge on any atom is 0.327 e. The van der Waals surface area contributed by atoms with E-state index in [2.05, 4.69) is 27.7 Å². The lowest BCUT2D eigenvalue weighted by molar-refractivity contribution is -0.148. The van der Waals surface area contributed by atoms with Gasteiger partial charge in [0.2, 0.25) is 0 Å². The van der Waals surface area contributed by atoms with Gasteiger partial charge in [0, 0.05) is 16.5 Å². The van der Waals surface area contributed by atoms with E-state index in [1.54, 1.807) is 13.8 Å². The lowest BCUT2D eigenvalue weighted by atomic mass is 9.92. The average molecular weight is 472 g/mol. The Morgan fingerprint density at radius 2 is 1.41 bits per heavy atom. The van der Waals surface area contributed by atoms with Gasteiger partial charge in [0.05, 0.1) is 19.1 Å². The van der Waals surface area contributed by atoms with Crippen LogP contribution in [0.4, 0.5) is 0 Å². The fourth-order valence-corrected chi connectivity index (χ4v) is 3.73. The predicted octanol–water partition coefficient (Wildman–Crippen LogP) is 7.05. The summed E-state index contributed by atoms with van der Waals surface area (Å²) in [7, 11) is 0. The lowest BCUT2D eigenvalue weighted by Crippen LogP contribution is -2.35. The molecule has 0 bridgehead atoms. The molecule has 0 aliphatic heterocycles. The van der Waals surface area contributed by atoms with E-state index in [1.807, 2.05) is 0 Å². The van der Waals surface area contributed by atoms with E-state index >= 15 is 0 Å². The van der Waals surface area contributed by atoms with Gasteiger partial charge in [-0.25, -0.2) is 0 Å². The third kappa shape index (κ3) is 11.5. The van der Waals surface area contributed by atoms with Crippen molar-refractivity contribution in [1.29, 1.82) is 0 Å². The summed E-state index contributed by atoms with van der Waals surface area (Å²) >= 11 is 19.6. The van der Waals surface area contributed by atoms with E-state index in [1.165, 1.54) is 0 Å². The van der Waals surface area contributed by atoms with Gasteiger partial charge < -0.3 is 9.47 Å². The molecular formula is C22H37Cl3O4. The first kappa shape index (κ1) is 28.5. The van der Waals surface area contributed by atoms with Crippen LogP contribution in [0.1, 0.15) is 80.1 Å². The van der Waals surface area contributed by atoms with Crippen molar-refractivity contribution >= 4 is 46.7 Å². The molecule has 0 spiro atoms. The second kappa shape index (κ2) is 14.5. The van der Waals surface area contributed by atoms with Crippen LogP contribution in [-0.4, -0.2) is 30.0 Å². The number of carbonyl (C=O) groups excluding carboxylic acids is 2. The number of rotatable bonds is 14. The summed E-state index contributed by atoms with van der Waals surface area (Å²) < 4.78 is 10.4. The zero-order valence-corrected chi connectivity index (χ0v) is 20.9. The van der Waals surface area contributed by atoms with Gasteiger partial charge in [-0.15, -0.1) is 11.6 Å². The summed E-state index contributed by atoms with van der Waals surface area (Å²) in [4.78, 5) is 23.5. The smallest absolute Gasteiger partial charge is 0.327 e. The number of carbonyl (C=O) groups is 2. The Labute approximate surface area is 191 Å². The summed E-state index contributed by atoms with van der Waals surface area (Å²) in [5.41, 5.74) is 0. The molecule has 7 heteroatoms. The van der Waals surface area contributed by atoms with Gasteiger partial charge in [-0.2, -0.15) is 0 Å². The minimum Gasteiger partial charge on any atom is -0.466 e. The first-order valence-electron chi connectivity index (χ1n) is 10.5. The molecule has 0 aromatic carbocycles. The second-order valence-electron chi connectivity index (χ2n) is 8.23. The molecule has 0 fully saturated rings. The van der Waals surface area contributed by atoms with Gasteiger partial charge in [-0.3, -0.25) is 9.59 Å². The lowest BCUT2D eigenvalue weighted by Gasteiger charge is -2.26. The number of hydrogen-bond acceptors (Lipinski definition) is 4. The molecule has 2 atom stereocenters. The molecular weight excluding hydrogens is 435 g/mol. The maximum atomic E-state index is 12.5. The van der Waals surface area contributed by atoms with Crippen molar-refractivity contribution < 1.29 is 19.1 Å². The SMILES string of the molecule is CCOC(=O)C(CCC(C)C)CC(Cl)=C(Cl)CC(Cl)(CCC(C)C)C(=O)OCC. The Balaban J connectivity index is 5.43. The highest BCUT2D eigenvalue weighted by atomic mass is 35.5. The third-order valence-electron chi connectivity index (χ3n) is 4.63. The van der Waals surface area contributed by atoms with E-state index in [4.69, 9.17) is 44.3 Å². The summed E-state index contributed by atoms with van der Waals surface area (Å²) in [6, 6.07) is 0. The molecule has 0 saturated carbocycles. The summed E-state index contributed by atoms with van der Waals surface area (Å²) in [6.45, 7) is 12.4. The maximum absolute atomic E-state index is 12.5. The molecule has 4 nitrogen and oxygen atoms in total. The summed E-state index contributed by atoms with van der Waals surface area (Å²) in [6.07, 6.45) is 3.06.